The molecule has 10 heteroatoms. The molecule has 4 aromatic carbocycles. The van der Waals surface area contributed by atoms with Crippen LogP contribution in [0.3, 0.4) is 0 Å². The molecule has 7 nitrogen and oxygen atoms in total. The van der Waals surface area contributed by atoms with Crippen molar-refractivity contribution in [3.63, 3.8) is 0 Å². The van der Waals surface area contributed by atoms with Gasteiger partial charge in [0.15, 0.2) is 0 Å². The summed E-state index contributed by atoms with van der Waals surface area (Å²) in [6, 6.07) is 26.2. The molecule has 4 aromatic rings. The summed E-state index contributed by atoms with van der Waals surface area (Å²) in [4.78, 5) is 29.1. The average Bonchev–Trinajstić information content (AvgIpc) is 3.03. The van der Waals surface area contributed by atoms with Gasteiger partial charge < -0.3 is 10.2 Å². The lowest BCUT2D eigenvalue weighted by molar-refractivity contribution is -0.140. The van der Waals surface area contributed by atoms with E-state index in [9.17, 15) is 26.8 Å². The van der Waals surface area contributed by atoms with Crippen LogP contribution in [0.2, 0.25) is 0 Å². The number of amides is 2. The zero-order valence-corrected chi connectivity index (χ0v) is 25.2. The minimum absolute atomic E-state index is 0.0569. The van der Waals surface area contributed by atoms with Crippen LogP contribution in [0, 0.1) is 11.6 Å². The van der Waals surface area contributed by atoms with E-state index < -0.39 is 46.1 Å². The maximum Gasteiger partial charge on any atom is 0.264 e. The lowest BCUT2D eigenvalue weighted by atomic mass is 10.0. The van der Waals surface area contributed by atoms with Gasteiger partial charge in [0.2, 0.25) is 11.8 Å². The monoisotopic (exact) mass is 619 g/mol. The molecule has 0 fully saturated rings. The van der Waals surface area contributed by atoms with E-state index in [1.807, 2.05) is 37.3 Å². The molecule has 1 N–H and O–H groups in total. The van der Waals surface area contributed by atoms with Crippen LogP contribution in [-0.4, -0.2) is 44.3 Å². The molecule has 4 rings (SSSR count). The molecule has 0 radical (unpaired) electrons. The fourth-order valence-electron chi connectivity index (χ4n) is 4.73. The zero-order valence-electron chi connectivity index (χ0n) is 24.4. The van der Waals surface area contributed by atoms with Gasteiger partial charge in [-0.2, -0.15) is 0 Å². The number of nitrogens with zero attached hydrogens (tertiary/aromatic N) is 2. The molecule has 230 valence electrons. The predicted octanol–water partition coefficient (Wildman–Crippen LogP) is 5.72. The van der Waals surface area contributed by atoms with Crippen molar-refractivity contribution in [1.82, 2.24) is 10.2 Å². The average molecular weight is 620 g/mol. The van der Waals surface area contributed by atoms with Crippen LogP contribution in [0.1, 0.15) is 30.9 Å². The number of rotatable bonds is 14. The largest absolute Gasteiger partial charge is 0.354 e. The fraction of sp³-hybridized carbons (Fsp3) is 0.235. The number of hydrogen-bond acceptors (Lipinski definition) is 4. The number of anilines is 1. The van der Waals surface area contributed by atoms with Gasteiger partial charge in [-0.05, 0) is 54.4 Å². The molecule has 0 aromatic heterocycles. The lowest BCUT2D eigenvalue weighted by Crippen LogP contribution is -2.53. The Balaban J connectivity index is 1.78. The van der Waals surface area contributed by atoms with Crippen molar-refractivity contribution in [2.75, 3.05) is 17.4 Å². The molecular formula is C34H35F2N3O4S. The van der Waals surface area contributed by atoms with Gasteiger partial charge in [-0.1, -0.05) is 80.1 Å². The normalized spacial score (nSPS) is 11.9. The second kappa shape index (κ2) is 15.2. The molecule has 0 aliphatic heterocycles. The van der Waals surface area contributed by atoms with Crippen molar-refractivity contribution >= 4 is 27.5 Å². The van der Waals surface area contributed by atoms with Crippen molar-refractivity contribution in [3.8, 4) is 0 Å². The van der Waals surface area contributed by atoms with Crippen LogP contribution in [0.15, 0.2) is 114 Å². The smallest absolute Gasteiger partial charge is 0.264 e. The minimum atomic E-state index is -4.31. The van der Waals surface area contributed by atoms with Crippen molar-refractivity contribution in [3.05, 3.63) is 132 Å². The molecule has 0 aliphatic carbocycles. The van der Waals surface area contributed by atoms with Gasteiger partial charge in [0, 0.05) is 25.1 Å². The second-order valence-electron chi connectivity index (χ2n) is 10.3. The number of hydrogen-bond donors (Lipinski definition) is 1. The number of nitrogens with one attached hydrogen (secondary N) is 1. The summed E-state index contributed by atoms with van der Waals surface area (Å²) >= 11 is 0. The lowest BCUT2D eigenvalue weighted by Gasteiger charge is -2.34. The van der Waals surface area contributed by atoms with E-state index in [2.05, 4.69) is 5.32 Å². The summed E-state index contributed by atoms with van der Waals surface area (Å²) in [5.41, 5.74) is 0.989. The molecule has 0 spiro atoms. The first-order valence-electron chi connectivity index (χ1n) is 14.4. The maximum atomic E-state index is 14.9. The third kappa shape index (κ3) is 8.29. The summed E-state index contributed by atoms with van der Waals surface area (Å²) < 4.78 is 57.4. The summed E-state index contributed by atoms with van der Waals surface area (Å²) in [6.07, 6.45) is 1.67. The highest BCUT2D eigenvalue weighted by molar-refractivity contribution is 7.92. The van der Waals surface area contributed by atoms with Crippen LogP contribution < -0.4 is 9.62 Å². The molecule has 0 unspecified atom stereocenters. The first kappa shape index (κ1) is 32.3. The van der Waals surface area contributed by atoms with E-state index in [4.69, 9.17) is 0 Å². The minimum Gasteiger partial charge on any atom is -0.354 e. The highest BCUT2D eigenvalue weighted by Crippen LogP contribution is 2.25. The van der Waals surface area contributed by atoms with Crippen LogP contribution in [0.5, 0.6) is 0 Å². The fourth-order valence-corrected chi connectivity index (χ4v) is 6.16. The summed E-state index contributed by atoms with van der Waals surface area (Å²) in [5.74, 6) is -2.32. The van der Waals surface area contributed by atoms with E-state index >= 15 is 0 Å². The molecule has 0 aliphatic rings. The Morgan fingerprint density at radius 1 is 0.818 bits per heavy atom. The van der Waals surface area contributed by atoms with Gasteiger partial charge in [0.25, 0.3) is 10.0 Å². The SMILES string of the molecule is CCCCNC(=O)[C@H](Cc1ccccc1)N(Cc1ccccc1F)C(=O)CN(c1ccc(F)cc1)S(=O)(=O)c1ccccc1. The first-order chi connectivity index (χ1) is 21.2. The summed E-state index contributed by atoms with van der Waals surface area (Å²) in [6.45, 7) is 1.36. The van der Waals surface area contributed by atoms with Gasteiger partial charge >= 0.3 is 0 Å². The standard InChI is InChI=1S/C34H35F2N3O4S/c1-2-3-22-37-34(41)32(23-26-12-6-4-7-13-26)38(24-27-14-10-11-17-31(27)36)33(40)25-39(29-20-18-28(35)19-21-29)44(42,43)30-15-8-5-9-16-30/h4-21,32H,2-3,22-25H2,1H3,(H,37,41)/t32-/m0/s1. The van der Waals surface area contributed by atoms with Crippen LogP contribution >= 0.6 is 0 Å². The number of halogens is 2. The van der Waals surface area contributed by atoms with Crippen molar-refractivity contribution < 1.29 is 26.8 Å². The molecule has 0 saturated heterocycles. The Kier molecular flexibility index (Phi) is 11.2. The van der Waals surface area contributed by atoms with Gasteiger partial charge in [0.1, 0.15) is 24.2 Å². The molecule has 44 heavy (non-hydrogen) atoms. The summed E-state index contributed by atoms with van der Waals surface area (Å²) in [7, 11) is -4.31. The predicted molar refractivity (Wildman–Crippen MR) is 166 cm³/mol. The van der Waals surface area contributed by atoms with E-state index in [1.165, 1.54) is 47.4 Å². The molecule has 0 saturated carbocycles. The number of carbonyl (C=O) groups is 2. The number of benzene rings is 4. The quantitative estimate of drug-likeness (QED) is 0.183. The Bertz CT molecular complexity index is 1640. The Labute approximate surface area is 257 Å². The van der Waals surface area contributed by atoms with Crippen molar-refractivity contribution in [1.29, 1.82) is 0 Å². The molecular weight excluding hydrogens is 584 g/mol. The number of unbranched alkanes of at least 4 members (excludes halogenated alkanes) is 1. The van der Waals surface area contributed by atoms with E-state index in [1.54, 1.807) is 24.3 Å². The molecule has 1 atom stereocenters. The van der Waals surface area contributed by atoms with Crippen molar-refractivity contribution in [2.24, 2.45) is 0 Å². The Morgan fingerprint density at radius 3 is 2.07 bits per heavy atom. The second-order valence-corrected chi connectivity index (χ2v) is 12.1. The van der Waals surface area contributed by atoms with Crippen LogP contribution in [0.25, 0.3) is 0 Å². The highest BCUT2D eigenvalue weighted by Gasteiger charge is 2.35. The highest BCUT2D eigenvalue weighted by atomic mass is 32.2. The van der Waals surface area contributed by atoms with Crippen LogP contribution in [0.4, 0.5) is 14.5 Å². The van der Waals surface area contributed by atoms with E-state index in [0.717, 1.165) is 34.8 Å². The Hall–Kier alpha value is -4.57. The van der Waals surface area contributed by atoms with Gasteiger partial charge in [-0.25, -0.2) is 17.2 Å². The zero-order chi connectivity index (χ0) is 31.5. The van der Waals surface area contributed by atoms with Crippen LogP contribution in [-0.2, 0) is 32.6 Å². The van der Waals surface area contributed by atoms with E-state index in [-0.39, 0.29) is 29.1 Å². The third-order valence-electron chi connectivity index (χ3n) is 7.12. The van der Waals surface area contributed by atoms with Gasteiger partial charge in [-0.3, -0.25) is 13.9 Å². The molecule has 0 bridgehead atoms. The third-order valence-corrected chi connectivity index (χ3v) is 8.91. The maximum absolute atomic E-state index is 14.9. The number of carbonyl (C=O) groups excluding carboxylic acids is 2. The van der Waals surface area contributed by atoms with Gasteiger partial charge in [-0.15, -0.1) is 0 Å². The number of sulfonamides is 1. The van der Waals surface area contributed by atoms with Gasteiger partial charge in [0.05, 0.1) is 10.6 Å². The van der Waals surface area contributed by atoms with E-state index in [0.29, 0.717) is 6.54 Å². The Morgan fingerprint density at radius 2 is 1.43 bits per heavy atom. The molecule has 0 heterocycles. The topological polar surface area (TPSA) is 86.8 Å². The molecule has 2 amide bonds. The summed E-state index contributed by atoms with van der Waals surface area (Å²) in [5, 5.41) is 2.89. The van der Waals surface area contributed by atoms with Crippen molar-refractivity contribution in [2.45, 2.75) is 43.7 Å². The first-order valence-corrected chi connectivity index (χ1v) is 15.8.